The molecule has 7 rings (SSSR count). The number of nitrogens with zero attached hydrogens (tertiary/aromatic N) is 1. The fraction of sp³-hybridized carbons (Fsp3) is 0.561. The fourth-order valence-corrected chi connectivity index (χ4v) is 8.70. The normalized spacial score (nSPS) is 24.1. The molecule has 3 aromatic carbocycles. The molecule has 1 aliphatic carbocycles. The Hall–Kier alpha value is -2.54. The number of halogens is 1. The number of ether oxygens (including phenoxy) is 2. The number of piperidine rings is 3. The lowest BCUT2D eigenvalue weighted by atomic mass is 9.80. The molecule has 6 N–H and O–H groups in total. The van der Waals surface area contributed by atoms with Gasteiger partial charge in [0.2, 0.25) is 0 Å². The molecule has 280 valence electrons. The van der Waals surface area contributed by atoms with Gasteiger partial charge >= 0.3 is 0 Å². The number of aliphatic hydroxyl groups excluding tert-OH is 3. The van der Waals surface area contributed by atoms with E-state index >= 15 is 0 Å². The Kier molecular flexibility index (Phi) is 14.0. The molecule has 4 atom stereocenters. The second-order valence-corrected chi connectivity index (χ2v) is 15.1. The highest BCUT2D eigenvalue weighted by atomic mass is 79.9. The molecule has 4 fully saturated rings. The summed E-state index contributed by atoms with van der Waals surface area (Å²) in [4.78, 5) is 0. The molecule has 0 amide bonds. The molecule has 1 saturated carbocycles. The van der Waals surface area contributed by atoms with Gasteiger partial charge in [-0.15, -0.1) is 0 Å². The predicted molar refractivity (Wildman–Crippen MR) is 192 cm³/mol. The van der Waals surface area contributed by atoms with Gasteiger partial charge in [0.05, 0.1) is 52.2 Å². The Morgan fingerprint density at radius 3 is 2.29 bits per heavy atom. The predicted octanol–water partition coefficient (Wildman–Crippen LogP) is 2.24. The van der Waals surface area contributed by atoms with Crippen LogP contribution < -0.4 is 27.0 Å². The maximum atomic E-state index is 12.0. The van der Waals surface area contributed by atoms with E-state index in [4.69, 9.17) is 9.47 Å². The van der Waals surface area contributed by atoms with Crippen LogP contribution in [-0.2, 0) is 23.6 Å². The number of aliphatic hydroxyl groups is 4. The first kappa shape index (κ1) is 39.7. The molecule has 3 aromatic rings. The highest BCUT2D eigenvalue weighted by Crippen LogP contribution is 2.43. The van der Waals surface area contributed by atoms with Crippen LogP contribution in [0.2, 0.25) is 0 Å². The standard InChI is InChI=1S/C41H56N2O7.BrH/c1-29(42-24-38(47)32-12-14-37(46)33(23-32)26-44)31-13-15-39(34(22-31)27-45)49-21-7-18-43-19-16-30(17-20-43)40(25-43)50-28-41(48,36-10-5-6-11-36)35-8-3-2-4-9-35;/h2-4,8-9,12-15,22-23,29-30,36,38,40,42,44-45,47-48H,5-7,10-11,16-21,24-28H2,1H3;1H/t29-,30?,38+,40+,41-,43?;/m1./s1. The topological polar surface area (TPSA) is 132 Å². The lowest BCUT2D eigenvalue weighted by molar-refractivity contribution is -0.946. The van der Waals surface area contributed by atoms with Crippen LogP contribution in [0.4, 0.5) is 0 Å². The first-order chi connectivity index (χ1) is 24.2. The fourth-order valence-electron chi connectivity index (χ4n) is 8.70. The molecule has 4 aliphatic rings. The summed E-state index contributed by atoms with van der Waals surface area (Å²) in [5.74, 6) is 1.50. The van der Waals surface area contributed by atoms with Crippen LogP contribution in [0.25, 0.3) is 0 Å². The average Bonchev–Trinajstić information content (AvgIpc) is 3.72. The molecule has 51 heavy (non-hydrogen) atoms. The molecule has 0 unspecified atom stereocenters. The molecular weight excluding hydrogens is 712 g/mol. The summed E-state index contributed by atoms with van der Waals surface area (Å²) in [7, 11) is 0. The third-order valence-electron chi connectivity index (χ3n) is 11.9. The van der Waals surface area contributed by atoms with Crippen molar-refractivity contribution in [3.63, 3.8) is 0 Å². The van der Waals surface area contributed by atoms with E-state index in [-0.39, 0.29) is 60.6 Å². The average molecular weight is 770 g/mol. The maximum absolute atomic E-state index is 12.0. The molecule has 0 spiro atoms. The minimum absolute atomic E-state index is 0. The van der Waals surface area contributed by atoms with Crippen molar-refractivity contribution in [1.29, 1.82) is 0 Å². The van der Waals surface area contributed by atoms with Crippen molar-refractivity contribution in [3.8, 4) is 11.5 Å². The van der Waals surface area contributed by atoms with Gasteiger partial charge in [0.15, 0.2) is 0 Å². The molecule has 3 heterocycles. The zero-order chi connectivity index (χ0) is 35.1. The minimum Gasteiger partial charge on any atom is -1.00 e. The summed E-state index contributed by atoms with van der Waals surface area (Å²) in [6, 6.07) is 20.7. The van der Waals surface area contributed by atoms with Gasteiger partial charge in [-0.25, -0.2) is 0 Å². The molecule has 0 aromatic heterocycles. The first-order valence-corrected chi connectivity index (χ1v) is 18.7. The van der Waals surface area contributed by atoms with E-state index in [0.717, 1.165) is 66.4 Å². The summed E-state index contributed by atoms with van der Waals surface area (Å²) in [5.41, 5.74) is 2.75. The van der Waals surface area contributed by atoms with Crippen LogP contribution >= 0.6 is 0 Å². The van der Waals surface area contributed by atoms with E-state index in [0.29, 0.717) is 36.0 Å². The van der Waals surface area contributed by atoms with E-state index in [9.17, 15) is 25.5 Å². The zero-order valence-corrected chi connectivity index (χ0v) is 31.5. The third kappa shape index (κ3) is 9.34. The van der Waals surface area contributed by atoms with Crippen LogP contribution in [0, 0.1) is 11.8 Å². The number of hydrogen-bond acceptors (Lipinski definition) is 8. The van der Waals surface area contributed by atoms with Gasteiger partial charge in [-0.1, -0.05) is 55.3 Å². The zero-order valence-electron chi connectivity index (χ0n) is 29.9. The quantitative estimate of drug-likeness (QED) is 0.0912. The summed E-state index contributed by atoms with van der Waals surface area (Å²) in [6.45, 7) is 7.14. The smallest absolute Gasteiger partial charge is 0.124 e. The van der Waals surface area contributed by atoms with Crippen LogP contribution in [0.3, 0.4) is 0 Å². The third-order valence-corrected chi connectivity index (χ3v) is 11.9. The monoisotopic (exact) mass is 768 g/mol. The second kappa shape index (κ2) is 18.0. The molecule has 2 bridgehead atoms. The lowest BCUT2D eigenvalue weighted by Gasteiger charge is -2.53. The van der Waals surface area contributed by atoms with E-state index < -0.39 is 11.7 Å². The summed E-state index contributed by atoms with van der Waals surface area (Å²) < 4.78 is 14.0. The Labute approximate surface area is 313 Å². The van der Waals surface area contributed by atoms with Crippen molar-refractivity contribution in [3.05, 3.63) is 94.5 Å². The Morgan fingerprint density at radius 2 is 1.59 bits per heavy atom. The summed E-state index contributed by atoms with van der Waals surface area (Å²) in [5, 5.41) is 55.5. The Balaban J connectivity index is 0.00000504. The van der Waals surface area contributed by atoms with Gasteiger partial charge in [0, 0.05) is 48.9 Å². The number of quaternary nitrogens is 1. The first-order valence-electron chi connectivity index (χ1n) is 18.7. The second-order valence-electron chi connectivity index (χ2n) is 15.1. The van der Waals surface area contributed by atoms with Gasteiger partial charge in [-0.2, -0.15) is 0 Å². The molecule has 0 radical (unpaired) electrons. The van der Waals surface area contributed by atoms with Crippen LogP contribution in [0.1, 0.15) is 91.8 Å². The SMILES string of the molecule is C[C@@H](NC[C@H](O)c1ccc(O)c(CO)c1)c1ccc(OCCC[N+]23CCC(CC2)[C@@H](OC[C@@](O)(c2ccccc2)C2CCCC2)C3)c(CO)c1.[Br-]. The van der Waals surface area contributed by atoms with Crippen LogP contribution in [0.5, 0.6) is 11.5 Å². The number of phenols is 1. The largest absolute Gasteiger partial charge is 1.00 e. The molecular formula is C41H57BrN2O7. The van der Waals surface area contributed by atoms with Crippen molar-refractivity contribution >= 4 is 0 Å². The maximum Gasteiger partial charge on any atom is 0.124 e. The molecule has 3 saturated heterocycles. The Morgan fingerprint density at radius 1 is 0.902 bits per heavy atom. The lowest BCUT2D eigenvalue weighted by Crippen LogP contribution is -3.00. The van der Waals surface area contributed by atoms with Gasteiger partial charge in [-0.3, -0.25) is 0 Å². The number of rotatable bonds is 17. The minimum atomic E-state index is -0.934. The van der Waals surface area contributed by atoms with Gasteiger partial charge in [0.25, 0.3) is 0 Å². The number of nitrogens with one attached hydrogen (secondary N) is 1. The van der Waals surface area contributed by atoms with Crippen LogP contribution in [-0.4, -0.2) is 82.1 Å². The summed E-state index contributed by atoms with van der Waals surface area (Å²) in [6.07, 6.45) is 7.05. The molecule has 3 aliphatic heterocycles. The van der Waals surface area contributed by atoms with Gasteiger partial charge in [-0.05, 0) is 66.6 Å². The van der Waals surface area contributed by atoms with E-state index in [1.165, 1.54) is 32.0 Å². The van der Waals surface area contributed by atoms with E-state index in [2.05, 4.69) is 17.4 Å². The van der Waals surface area contributed by atoms with Crippen molar-refractivity contribution in [1.82, 2.24) is 5.32 Å². The van der Waals surface area contributed by atoms with Crippen LogP contribution in [0.15, 0.2) is 66.7 Å². The summed E-state index contributed by atoms with van der Waals surface area (Å²) >= 11 is 0. The number of fused-ring (bicyclic) bond motifs is 3. The van der Waals surface area contributed by atoms with Gasteiger partial charge in [0.1, 0.15) is 29.7 Å². The van der Waals surface area contributed by atoms with E-state index in [1.54, 1.807) is 12.1 Å². The highest BCUT2D eigenvalue weighted by molar-refractivity contribution is 5.39. The molecule has 9 nitrogen and oxygen atoms in total. The highest BCUT2D eigenvalue weighted by Gasteiger charge is 2.48. The number of hydrogen-bond donors (Lipinski definition) is 6. The van der Waals surface area contributed by atoms with Crippen molar-refractivity contribution in [2.24, 2.45) is 11.8 Å². The number of benzene rings is 3. The van der Waals surface area contributed by atoms with Crippen molar-refractivity contribution < 1.29 is 56.5 Å². The number of aromatic hydroxyl groups is 1. The van der Waals surface area contributed by atoms with Crippen molar-refractivity contribution in [2.45, 2.75) is 88.9 Å². The van der Waals surface area contributed by atoms with Gasteiger partial charge < -0.3 is 61.8 Å². The Bertz CT molecular complexity index is 1530. The van der Waals surface area contributed by atoms with Crippen molar-refractivity contribution in [2.75, 3.05) is 45.9 Å². The molecule has 10 heteroatoms. The van der Waals surface area contributed by atoms with E-state index in [1.807, 2.05) is 43.3 Å².